The summed E-state index contributed by atoms with van der Waals surface area (Å²) in [7, 11) is 1.86. The second kappa shape index (κ2) is 8.22. The lowest BCUT2D eigenvalue weighted by atomic mass is 10.1. The first kappa shape index (κ1) is 16.9. The second-order valence-corrected chi connectivity index (χ2v) is 5.57. The molecule has 0 spiro atoms. The van der Waals surface area contributed by atoms with E-state index < -0.39 is 0 Å². The third-order valence-electron chi connectivity index (χ3n) is 3.94. The van der Waals surface area contributed by atoms with E-state index in [1.165, 1.54) is 5.56 Å². The molecular weight excluding hydrogens is 286 g/mol. The van der Waals surface area contributed by atoms with Gasteiger partial charge in [0.15, 0.2) is 0 Å². The maximum atomic E-state index is 11.7. The van der Waals surface area contributed by atoms with Crippen LogP contribution in [0.4, 0.5) is 17.1 Å². The molecule has 122 valence electrons. The molecule has 23 heavy (non-hydrogen) atoms. The van der Waals surface area contributed by atoms with Crippen LogP contribution in [0.2, 0.25) is 0 Å². The molecule has 3 N–H and O–H groups in total. The monoisotopic (exact) mass is 311 g/mol. The summed E-state index contributed by atoms with van der Waals surface area (Å²) in [5.74, 6) is 0.285. The molecule has 0 fully saturated rings. The van der Waals surface area contributed by atoms with Crippen LogP contribution in [-0.2, 0) is 11.3 Å². The van der Waals surface area contributed by atoms with Crippen molar-refractivity contribution < 1.29 is 4.79 Å². The van der Waals surface area contributed by atoms with E-state index in [1.807, 2.05) is 50.4 Å². The Kier molecular flexibility index (Phi) is 6.03. The van der Waals surface area contributed by atoms with Crippen LogP contribution in [0.3, 0.4) is 0 Å². The van der Waals surface area contributed by atoms with E-state index >= 15 is 0 Å². The number of rotatable bonds is 8. The van der Waals surface area contributed by atoms with Crippen molar-refractivity contribution in [3.8, 4) is 0 Å². The van der Waals surface area contributed by atoms with Crippen LogP contribution >= 0.6 is 0 Å². The Balaban J connectivity index is 2.23. The quantitative estimate of drug-likeness (QED) is 0.730. The predicted molar refractivity (Wildman–Crippen MR) is 97.8 cm³/mol. The Morgan fingerprint density at radius 1 is 1.17 bits per heavy atom. The molecule has 0 aromatic heterocycles. The maximum Gasteiger partial charge on any atom is 0.134 e. The highest BCUT2D eigenvalue weighted by molar-refractivity contribution is 5.79. The summed E-state index contributed by atoms with van der Waals surface area (Å²) in [4.78, 5) is 13.9. The highest BCUT2D eigenvalue weighted by Gasteiger charge is 2.11. The van der Waals surface area contributed by atoms with Gasteiger partial charge in [-0.15, -0.1) is 0 Å². The molecular formula is C19H25N3O. The molecule has 2 aromatic carbocycles. The minimum Gasteiger partial charge on any atom is -0.397 e. The van der Waals surface area contributed by atoms with Crippen molar-refractivity contribution in [1.82, 2.24) is 0 Å². The summed E-state index contributed by atoms with van der Waals surface area (Å²) in [5, 5.41) is 3.11. The van der Waals surface area contributed by atoms with E-state index in [1.54, 1.807) is 0 Å². The molecule has 0 unspecified atom stereocenters. The van der Waals surface area contributed by atoms with Crippen molar-refractivity contribution in [2.45, 2.75) is 26.3 Å². The molecule has 0 aliphatic carbocycles. The number of Topliss-reactive ketones (excluding diaryl/α,β-unsaturated/α-hetero) is 1. The van der Waals surface area contributed by atoms with Crippen molar-refractivity contribution in [3.05, 3.63) is 54.1 Å². The molecule has 0 aliphatic heterocycles. The lowest BCUT2D eigenvalue weighted by Crippen LogP contribution is -2.25. The van der Waals surface area contributed by atoms with Crippen LogP contribution in [0.5, 0.6) is 0 Å². The predicted octanol–water partition coefficient (Wildman–Crippen LogP) is 3.69. The second-order valence-electron chi connectivity index (χ2n) is 5.57. The van der Waals surface area contributed by atoms with Gasteiger partial charge in [-0.1, -0.05) is 37.3 Å². The Morgan fingerprint density at radius 2 is 1.91 bits per heavy atom. The summed E-state index contributed by atoms with van der Waals surface area (Å²) in [6, 6.07) is 16.2. The topological polar surface area (TPSA) is 58.4 Å². The largest absolute Gasteiger partial charge is 0.397 e. The molecule has 0 bridgehead atoms. The molecule has 0 radical (unpaired) electrons. The highest BCUT2D eigenvalue weighted by atomic mass is 16.1. The van der Waals surface area contributed by atoms with Gasteiger partial charge in [-0.05, 0) is 23.8 Å². The van der Waals surface area contributed by atoms with Crippen molar-refractivity contribution in [3.63, 3.8) is 0 Å². The van der Waals surface area contributed by atoms with Crippen LogP contribution in [0, 0.1) is 0 Å². The minimum absolute atomic E-state index is 0.285. The Labute approximate surface area is 138 Å². The first-order valence-corrected chi connectivity index (χ1v) is 8.02. The maximum absolute atomic E-state index is 11.7. The third kappa shape index (κ3) is 4.74. The third-order valence-corrected chi connectivity index (χ3v) is 3.94. The molecule has 4 nitrogen and oxygen atoms in total. The van der Waals surface area contributed by atoms with Gasteiger partial charge in [-0.3, -0.25) is 4.79 Å². The van der Waals surface area contributed by atoms with Gasteiger partial charge in [-0.2, -0.15) is 0 Å². The molecule has 0 amide bonds. The van der Waals surface area contributed by atoms with Gasteiger partial charge < -0.3 is 16.0 Å². The average Bonchev–Trinajstić information content (AvgIpc) is 2.59. The number of nitrogens with two attached hydrogens (primary N) is 1. The number of anilines is 3. The summed E-state index contributed by atoms with van der Waals surface area (Å²) in [6.07, 6.45) is 1.14. The summed E-state index contributed by atoms with van der Waals surface area (Å²) >= 11 is 0. The number of nitrogens with zero attached hydrogens (tertiary/aromatic N) is 1. The summed E-state index contributed by atoms with van der Waals surface area (Å²) in [5.41, 5.74) is 9.88. The van der Waals surface area contributed by atoms with E-state index in [9.17, 15) is 4.79 Å². The highest BCUT2D eigenvalue weighted by Crippen LogP contribution is 2.26. The SMILES string of the molecule is CCC(=O)CCN(Cc1ccccc1)c1ccc(N)c(NC)c1. The summed E-state index contributed by atoms with van der Waals surface area (Å²) < 4.78 is 0. The minimum atomic E-state index is 0.285. The smallest absolute Gasteiger partial charge is 0.134 e. The average molecular weight is 311 g/mol. The number of nitrogens with one attached hydrogen (secondary N) is 1. The zero-order valence-electron chi connectivity index (χ0n) is 13.9. The van der Waals surface area contributed by atoms with Gasteiger partial charge in [0.1, 0.15) is 5.78 Å². The van der Waals surface area contributed by atoms with E-state index in [2.05, 4.69) is 22.3 Å². The van der Waals surface area contributed by atoms with Crippen molar-refractivity contribution in [1.29, 1.82) is 0 Å². The number of carbonyl (C=O) groups excluding carboxylic acids is 1. The van der Waals surface area contributed by atoms with Crippen molar-refractivity contribution in [2.24, 2.45) is 0 Å². The fourth-order valence-electron chi connectivity index (χ4n) is 2.50. The van der Waals surface area contributed by atoms with Gasteiger partial charge in [0, 0.05) is 38.7 Å². The van der Waals surface area contributed by atoms with Gasteiger partial charge in [0.05, 0.1) is 11.4 Å². The Hall–Kier alpha value is -2.49. The molecule has 2 aromatic rings. The van der Waals surface area contributed by atoms with Crippen molar-refractivity contribution in [2.75, 3.05) is 29.5 Å². The number of carbonyl (C=O) groups is 1. The van der Waals surface area contributed by atoms with E-state index in [0.29, 0.717) is 19.4 Å². The van der Waals surface area contributed by atoms with Crippen molar-refractivity contribution >= 4 is 22.8 Å². The van der Waals surface area contributed by atoms with E-state index in [-0.39, 0.29) is 5.78 Å². The van der Waals surface area contributed by atoms with E-state index in [4.69, 9.17) is 5.73 Å². The van der Waals surface area contributed by atoms with Crippen LogP contribution in [0.25, 0.3) is 0 Å². The number of nitrogen functional groups attached to an aromatic ring is 1. The van der Waals surface area contributed by atoms with Crippen LogP contribution < -0.4 is 16.0 Å². The normalized spacial score (nSPS) is 10.3. The van der Waals surface area contributed by atoms with Gasteiger partial charge in [-0.25, -0.2) is 0 Å². The van der Waals surface area contributed by atoms with Crippen LogP contribution in [0.1, 0.15) is 25.3 Å². The molecule has 2 rings (SSSR count). The number of ketones is 1. The number of benzene rings is 2. The van der Waals surface area contributed by atoms with Gasteiger partial charge in [0.2, 0.25) is 0 Å². The van der Waals surface area contributed by atoms with Crippen LogP contribution in [-0.4, -0.2) is 19.4 Å². The molecule has 0 saturated carbocycles. The fraction of sp³-hybridized carbons (Fsp3) is 0.316. The molecule has 0 aliphatic rings. The molecule has 4 heteroatoms. The molecule has 0 saturated heterocycles. The Morgan fingerprint density at radius 3 is 2.57 bits per heavy atom. The molecule has 0 heterocycles. The first-order valence-electron chi connectivity index (χ1n) is 8.02. The molecule has 0 atom stereocenters. The number of hydrogen-bond donors (Lipinski definition) is 2. The summed E-state index contributed by atoms with van der Waals surface area (Å²) in [6.45, 7) is 3.38. The lowest BCUT2D eigenvalue weighted by molar-refractivity contribution is -0.118. The lowest BCUT2D eigenvalue weighted by Gasteiger charge is -2.26. The van der Waals surface area contributed by atoms with Crippen LogP contribution in [0.15, 0.2) is 48.5 Å². The number of hydrogen-bond acceptors (Lipinski definition) is 4. The zero-order chi connectivity index (χ0) is 16.7. The van der Waals surface area contributed by atoms with E-state index in [0.717, 1.165) is 23.6 Å². The van der Waals surface area contributed by atoms with Gasteiger partial charge >= 0.3 is 0 Å². The standard InChI is InChI=1S/C19H25N3O/c1-3-17(23)11-12-22(14-15-7-5-4-6-8-15)16-9-10-18(20)19(13-16)21-2/h4-10,13,21H,3,11-12,14,20H2,1-2H3. The van der Waals surface area contributed by atoms with Gasteiger partial charge in [0.25, 0.3) is 0 Å². The first-order chi connectivity index (χ1) is 11.1. The zero-order valence-corrected chi connectivity index (χ0v) is 13.9. The Bertz CT molecular complexity index is 640. The fourth-order valence-corrected chi connectivity index (χ4v) is 2.50.